The lowest BCUT2D eigenvalue weighted by Crippen LogP contribution is -2.31. The van der Waals surface area contributed by atoms with Crippen LogP contribution in [0.25, 0.3) is 10.9 Å². The Kier molecular flexibility index (Phi) is 3.87. The molecule has 4 rings (SSSR count). The van der Waals surface area contributed by atoms with Crippen LogP contribution in [0.3, 0.4) is 0 Å². The molecule has 24 heavy (non-hydrogen) atoms. The molecule has 1 aliphatic heterocycles. The van der Waals surface area contributed by atoms with Gasteiger partial charge in [-0.05, 0) is 42.7 Å². The van der Waals surface area contributed by atoms with Crippen molar-refractivity contribution >= 4 is 22.5 Å². The van der Waals surface area contributed by atoms with Crippen molar-refractivity contribution in [3.8, 4) is 0 Å². The van der Waals surface area contributed by atoms with Crippen LogP contribution >= 0.6 is 11.6 Å². The number of rotatable bonds is 2. The highest BCUT2D eigenvalue weighted by atomic mass is 35.5. The Morgan fingerprint density at radius 3 is 2.96 bits per heavy atom. The number of hydrogen-bond acceptors (Lipinski definition) is 3. The van der Waals surface area contributed by atoms with Gasteiger partial charge in [-0.25, -0.2) is 4.98 Å². The van der Waals surface area contributed by atoms with E-state index in [9.17, 15) is 4.79 Å². The molecule has 1 aromatic heterocycles. The molecule has 0 saturated heterocycles. The number of nitrogens with one attached hydrogen (secondary N) is 1. The Morgan fingerprint density at radius 2 is 2.08 bits per heavy atom. The van der Waals surface area contributed by atoms with Crippen LogP contribution in [0, 0.1) is 6.92 Å². The lowest BCUT2D eigenvalue weighted by molar-refractivity contribution is 0.239. The summed E-state index contributed by atoms with van der Waals surface area (Å²) in [4.78, 5) is 22.1. The first-order chi connectivity index (χ1) is 11.6. The highest BCUT2D eigenvalue weighted by Crippen LogP contribution is 2.21. The van der Waals surface area contributed by atoms with Gasteiger partial charge in [-0.3, -0.25) is 9.69 Å². The second kappa shape index (κ2) is 6.04. The summed E-state index contributed by atoms with van der Waals surface area (Å²) in [6.07, 6.45) is 1.03. The van der Waals surface area contributed by atoms with E-state index in [2.05, 4.69) is 40.0 Å². The molecular weight excluding hydrogens is 322 g/mol. The van der Waals surface area contributed by atoms with E-state index in [-0.39, 0.29) is 5.56 Å². The van der Waals surface area contributed by atoms with Crippen molar-refractivity contribution in [1.29, 1.82) is 0 Å². The molecule has 0 fully saturated rings. The van der Waals surface area contributed by atoms with Gasteiger partial charge in [-0.1, -0.05) is 35.4 Å². The average Bonchev–Trinajstić information content (AvgIpc) is 2.55. The Balaban J connectivity index is 1.61. The number of aromatic nitrogens is 2. The first-order valence-electron chi connectivity index (χ1n) is 8.08. The van der Waals surface area contributed by atoms with Crippen LogP contribution in [-0.4, -0.2) is 21.4 Å². The molecule has 0 saturated carbocycles. The summed E-state index contributed by atoms with van der Waals surface area (Å²) >= 11 is 5.96. The van der Waals surface area contributed by atoms with Crippen molar-refractivity contribution in [3.05, 3.63) is 74.3 Å². The fraction of sp³-hybridized carbons (Fsp3) is 0.263. The minimum absolute atomic E-state index is 0.134. The normalized spacial score (nSPS) is 14.8. The van der Waals surface area contributed by atoms with Crippen LogP contribution in [0.5, 0.6) is 0 Å². The minimum atomic E-state index is -0.134. The smallest absolute Gasteiger partial charge is 0.258 e. The predicted octanol–water partition coefficient (Wildman–Crippen LogP) is 3.44. The Bertz CT molecular complexity index is 980. The monoisotopic (exact) mass is 339 g/mol. The van der Waals surface area contributed by atoms with Crippen molar-refractivity contribution in [2.75, 3.05) is 6.54 Å². The number of H-pyrrole nitrogens is 1. The molecule has 2 heterocycles. The molecule has 1 aliphatic rings. The fourth-order valence-electron chi connectivity index (χ4n) is 3.33. The van der Waals surface area contributed by atoms with Crippen molar-refractivity contribution in [2.24, 2.45) is 0 Å². The van der Waals surface area contributed by atoms with Crippen molar-refractivity contribution in [3.63, 3.8) is 0 Å². The van der Waals surface area contributed by atoms with E-state index < -0.39 is 0 Å². The van der Waals surface area contributed by atoms with Gasteiger partial charge in [0.15, 0.2) is 0 Å². The quantitative estimate of drug-likeness (QED) is 0.778. The van der Waals surface area contributed by atoms with Gasteiger partial charge in [-0.15, -0.1) is 0 Å². The van der Waals surface area contributed by atoms with E-state index >= 15 is 0 Å². The predicted molar refractivity (Wildman–Crippen MR) is 96.4 cm³/mol. The summed E-state index contributed by atoms with van der Waals surface area (Å²) in [6, 6.07) is 11.9. The Hall–Kier alpha value is -2.17. The third kappa shape index (κ3) is 2.95. The third-order valence-electron chi connectivity index (χ3n) is 4.54. The zero-order chi connectivity index (χ0) is 16.7. The average molecular weight is 340 g/mol. The first kappa shape index (κ1) is 15.4. The van der Waals surface area contributed by atoms with Crippen LogP contribution in [-0.2, 0) is 19.5 Å². The molecule has 0 radical (unpaired) electrons. The SMILES string of the molecule is Cc1ccc2c(c1)CN(Cc1nc3ccc(Cl)cc3c(=O)[nH]1)CC2. The van der Waals surface area contributed by atoms with Crippen molar-refractivity contribution in [1.82, 2.24) is 14.9 Å². The number of aromatic amines is 1. The summed E-state index contributed by atoms with van der Waals surface area (Å²) < 4.78 is 0. The molecule has 0 aliphatic carbocycles. The highest BCUT2D eigenvalue weighted by Gasteiger charge is 2.17. The largest absolute Gasteiger partial charge is 0.309 e. The minimum Gasteiger partial charge on any atom is -0.309 e. The summed E-state index contributed by atoms with van der Waals surface area (Å²) in [6.45, 7) is 4.62. The number of aryl methyl sites for hydroxylation is 1. The molecule has 0 bridgehead atoms. The zero-order valence-corrected chi connectivity index (χ0v) is 14.2. The van der Waals surface area contributed by atoms with Crippen molar-refractivity contribution < 1.29 is 0 Å². The molecule has 0 amide bonds. The second-order valence-corrected chi connectivity index (χ2v) is 6.84. The molecule has 5 heteroatoms. The number of benzene rings is 2. The van der Waals surface area contributed by atoms with Gasteiger partial charge in [0.1, 0.15) is 5.82 Å². The third-order valence-corrected chi connectivity index (χ3v) is 4.78. The lowest BCUT2D eigenvalue weighted by Gasteiger charge is -2.28. The van der Waals surface area contributed by atoms with E-state index in [1.54, 1.807) is 18.2 Å². The molecular formula is C19H18ClN3O. The summed E-state index contributed by atoms with van der Waals surface area (Å²) in [5.41, 5.74) is 4.63. The molecule has 3 aromatic rings. The van der Waals surface area contributed by atoms with Gasteiger partial charge in [0.2, 0.25) is 0 Å². The summed E-state index contributed by atoms with van der Waals surface area (Å²) in [5, 5.41) is 1.08. The molecule has 1 N–H and O–H groups in total. The number of halogens is 1. The maximum Gasteiger partial charge on any atom is 0.258 e. The number of nitrogens with zero attached hydrogens (tertiary/aromatic N) is 2. The van der Waals surface area contributed by atoms with E-state index in [0.29, 0.717) is 28.3 Å². The summed E-state index contributed by atoms with van der Waals surface area (Å²) in [7, 11) is 0. The van der Waals surface area contributed by atoms with Crippen molar-refractivity contribution in [2.45, 2.75) is 26.4 Å². The van der Waals surface area contributed by atoms with Gasteiger partial charge >= 0.3 is 0 Å². The van der Waals surface area contributed by atoms with E-state index in [0.717, 1.165) is 19.5 Å². The number of fused-ring (bicyclic) bond motifs is 2. The van der Waals surface area contributed by atoms with Gasteiger partial charge < -0.3 is 4.98 Å². The topological polar surface area (TPSA) is 49.0 Å². The first-order valence-corrected chi connectivity index (χ1v) is 8.45. The molecule has 0 atom stereocenters. The van der Waals surface area contributed by atoms with Crippen LogP contribution in [0.15, 0.2) is 41.2 Å². The fourth-order valence-corrected chi connectivity index (χ4v) is 3.50. The Labute approximate surface area is 145 Å². The van der Waals surface area contributed by atoms with Gasteiger partial charge in [0.05, 0.1) is 17.4 Å². The molecule has 2 aromatic carbocycles. The van der Waals surface area contributed by atoms with E-state index in [1.807, 2.05) is 0 Å². The molecule has 122 valence electrons. The standard InChI is InChI=1S/C19H18ClN3O/c1-12-2-3-13-6-7-23(10-14(13)8-12)11-18-21-17-5-4-15(20)9-16(17)19(24)22-18/h2-5,8-9H,6-7,10-11H2,1H3,(H,21,22,24). The van der Waals surface area contributed by atoms with Crippen LogP contribution < -0.4 is 5.56 Å². The highest BCUT2D eigenvalue weighted by molar-refractivity contribution is 6.31. The second-order valence-electron chi connectivity index (χ2n) is 6.41. The maximum absolute atomic E-state index is 12.3. The van der Waals surface area contributed by atoms with Gasteiger partial charge in [0, 0.05) is 18.1 Å². The molecule has 0 unspecified atom stereocenters. The summed E-state index contributed by atoms with van der Waals surface area (Å²) in [5.74, 6) is 0.700. The van der Waals surface area contributed by atoms with Gasteiger partial charge in [0.25, 0.3) is 5.56 Å². The maximum atomic E-state index is 12.3. The van der Waals surface area contributed by atoms with Crippen LogP contribution in [0.2, 0.25) is 5.02 Å². The van der Waals surface area contributed by atoms with Crippen LogP contribution in [0.4, 0.5) is 0 Å². The van der Waals surface area contributed by atoms with E-state index in [4.69, 9.17) is 11.6 Å². The molecule has 4 nitrogen and oxygen atoms in total. The zero-order valence-electron chi connectivity index (χ0n) is 13.5. The van der Waals surface area contributed by atoms with E-state index in [1.165, 1.54) is 16.7 Å². The lowest BCUT2D eigenvalue weighted by atomic mass is 9.98. The molecule has 0 spiro atoms. The van der Waals surface area contributed by atoms with Crippen LogP contribution in [0.1, 0.15) is 22.5 Å². The number of hydrogen-bond donors (Lipinski definition) is 1. The Morgan fingerprint density at radius 1 is 1.21 bits per heavy atom. The van der Waals surface area contributed by atoms with Gasteiger partial charge in [-0.2, -0.15) is 0 Å².